The fourth-order valence-electron chi connectivity index (χ4n) is 0.917. The lowest BCUT2D eigenvalue weighted by atomic mass is 10.2. The molecule has 1 heterocycles. The second kappa shape index (κ2) is 2.33. The summed E-state index contributed by atoms with van der Waals surface area (Å²) in [5, 5.41) is 5.76. The quantitative estimate of drug-likeness (QED) is 0.517. The highest BCUT2D eigenvalue weighted by Gasteiger charge is 2.17. The van der Waals surface area contributed by atoms with Gasteiger partial charge in [-0.2, -0.15) is 5.10 Å². The molecule has 2 nitrogen and oxygen atoms in total. The first-order valence-electron chi connectivity index (χ1n) is 3.09. The predicted octanol–water partition coefficient (Wildman–Crippen LogP) is 1.04. The zero-order valence-electron chi connectivity index (χ0n) is 5.76. The van der Waals surface area contributed by atoms with Crippen LogP contribution in [-0.2, 0) is 0 Å². The molecule has 1 aliphatic heterocycles. The van der Waals surface area contributed by atoms with Crippen LogP contribution < -0.4 is 0 Å². The summed E-state index contributed by atoms with van der Waals surface area (Å²) in [5.41, 5.74) is 0.671. The van der Waals surface area contributed by atoms with Crippen LogP contribution in [0, 0.1) is 0 Å². The number of hydrazone groups is 1. The molecule has 1 aliphatic rings. The van der Waals surface area contributed by atoms with E-state index in [1.165, 1.54) is 0 Å². The zero-order chi connectivity index (χ0) is 6.85. The number of rotatable bonds is 1. The van der Waals surface area contributed by atoms with Gasteiger partial charge in [0.1, 0.15) is 6.67 Å². The molecule has 0 fully saturated rings. The van der Waals surface area contributed by atoms with Gasteiger partial charge in [0, 0.05) is 19.5 Å². The van der Waals surface area contributed by atoms with E-state index in [9.17, 15) is 4.39 Å². The number of nitrogens with zero attached hydrogens (tertiary/aromatic N) is 2. The van der Waals surface area contributed by atoms with Crippen LogP contribution in [0.15, 0.2) is 5.10 Å². The number of alkyl halides is 1. The molecule has 3 heteroatoms. The summed E-state index contributed by atoms with van der Waals surface area (Å²) in [6.45, 7) is 1.64. The summed E-state index contributed by atoms with van der Waals surface area (Å²) in [4.78, 5) is 0. The minimum Gasteiger partial charge on any atom is -0.297 e. The molecule has 1 rings (SSSR count). The van der Waals surface area contributed by atoms with Gasteiger partial charge in [0.2, 0.25) is 0 Å². The lowest BCUT2D eigenvalue weighted by Crippen LogP contribution is -2.17. The van der Waals surface area contributed by atoms with Gasteiger partial charge in [-0.3, -0.25) is 5.01 Å². The van der Waals surface area contributed by atoms with Gasteiger partial charge >= 0.3 is 0 Å². The van der Waals surface area contributed by atoms with E-state index >= 15 is 0 Å². The minimum absolute atomic E-state index is 0.385. The van der Waals surface area contributed by atoms with Crippen molar-refractivity contribution in [1.82, 2.24) is 5.01 Å². The van der Waals surface area contributed by atoms with E-state index in [0.717, 1.165) is 6.42 Å². The first-order chi connectivity index (χ1) is 4.24. The molecule has 0 aromatic rings. The van der Waals surface area contributed by atoms with Crippen molar-refractivity contribution in [2.45, 2.75) is 19.4 Å². The fourth-order valence-corrected chi connectivity index (χ4v) is 0.917. The van der Waals surface area contributed by atoms with E-state index in [0.29, 0.717) is 11.8 Å². The summed E-state index contributed by atoms with van der Waals surface area (Å²) < 4.78 is 11.9. The van der Waals surface area contributed by atoms with E-state index in [-0.39, 0.29) is 0 Å². The van der Waals surface area contributed by atoms with E-state index in [2.05, 4.69) is 5.10 Å². The van der Waals surface area contributed by atoms with Crippen molar-refractivity contribution in [2.75, 3.05) is 13.7 Å². The van der Waals surface area contributed by atoms with Gasteiger partial charge in [0.05, 0.1) is 5.71 Å². The molecular weight excluding hydrogens is 119 g/mol. The topological polar surface area (TPSA) is 15.6 Å². The van der Waals surface area contributed by atoms with E-state index in [1.54, 1.807) is 5.01 Å². The summed E-state index contributed by atoms with van der Waals surface area (Å²) in [5.74, 6) is 0. The molecule has 0 amide bonds. The third-order valence-corrected chi connectivity index (χ3v) is 1.62. The summed E-state index contributed by atoms with van der Waals surface area (Å²) >= 11 is 0. The van der Waals surface area contributed by atoms with Crippen LogP contribution in [0.1, 0.15) is 13.3 Å². The summed E-state index contributed by atoms with van der Waals surface area (Å²) in [6, 6.07) is 0.385. The van der Waals surface area contributed by atoms with Crippen molar-refractivity contribution >= 4 is 5.71 Å². The van der Waals surface area contributed by atoms with Crippen molar-refractivity contribution in [1.29, 1.82) is 0 Å². The highest BCUT2D eigenvalue weighted by molar-refractivity contribution is 5.87. The molecule has 0 N–H and O–H groups in total. The Morgan fingerprint density at radius 2 is 2.56 bits per heavy atom. The first-order valence-corrected chi connectivity index (χ1v) is 3.09. The number of hydrogen-bond acceptors (Lipinski definition) is 2. The van der Waals surface area contributed by atoms with Crippen molar-refractivity contribution in [2.24, 2.45) is 5.10 Å². The van der Waals surface area contributed by atoms with Crippen molar-refractivity contribution in [3.8, 4) is 0 Å². The molecule has 0 saturated carbocycles. The molecule has 9 heavy (non-hydrogen) atoms. The van der Waals surface area contributed by atoms with Crippen LogP contribution in [-0.4, -0.2) is 30.5 Å². The second-order valence-corrected chi connectivity index (χ2v) is 2.43. The standard InChI is InChI=1S/C6H11FN2/c1-5-3-6(4-7)8-9(5)2/h5H,3-4H2,1-2H3. The maximum Gasteiger partial charge on any atom is 0.129 e. The molecule has 1 unspecified atom stereocenters. The Morgan fingerprint density at radius 3 is 2.78 bits per heavy atom. The van der Waals surface area contributed by atoms with Gasteiger partial charge in [-0.05, 0) is 6.92 Å². The molecule has 0 saturated heterocycles. The van der Waals surface area contributed by atoms with Crippen molar-refractivity contribution in [3.63, 3.8) is 0 Å². The molecule has 52 valence electrons. The molecule has 0 aliphatic carbocycles. The molecule has 0 spiro atoms. The monoisotopic (exact) mass is 130 g/mol. The average molecular weight is 130 g/mol. The zero-order valence-corrected chi connectivity index (χ0v) is 5.76. The van der Waals surface area contributed by atoms with Gasteiger partial charge < -0.3 is 0 Å². The lowest BCUT2D eigenvalue weighted by molar-refractivity contribution is 0.303. The normalized spacial score (nSPS) is 26.8. The average Bonchev–Trinajstić information content (AvgIpc) is 2.13. The van der Waals surface area contributed by atoms with E-state index in [1.807, 2.05) is 14.0 Å². The number of hydrogen-bond donors (Lipinski definition) is 0. The maximum absolute atomic E-state index is 11.9. The van der Waals surface area contributed by atoms with Crippen molar-refractivity contribution < 1.29 is 4.39 Å². The van der Waals surface area contributed by atoms with Gasteiger partial charge in [0.15, 0.2) is 0 Å². The molecule has 0 bridgehead atoms. The van der Waals surface area contributed by atoms with E-state index in [4.69, 9.17) is 0 Å². The SMILES string of the molecule is CC1CC(CF)=NN1C. The Hall–Kier alpha value is -0.600. The Balaban J connectivity index is 2.52. The predicted molar refractivity (Wildman–Crippen MR) is 35.3 cm³/mol. The molecule has 0 aromatic heterocycles. The third-order valence-electron chi connectivity index (χ3n) is 1.62. The van der Waals surface area contributed by atoms with Crippen LogP contribution in [0.25, 0.3) is 0 Å². The lowest BCUT2D eigenvalue weighted by Gasteiger charge is -2.11. The summed E-state index contributed by atoms with van der Waals surface area (Å²) in [6.07, 6.45) is 0.785. The molecular formula is C6H11FN2. The Bertz CT molecular complexity index is 133. The van der Waals surface area contributed by atoms with Crippen molar-refractivity contribution in [3.05, 3.63) is 0 Å². The Labute approximate surface area is 54.3 Å². The summed E-state index contributed by atoms with van der Waals surface area (Å²) in [7, 11) is 1.87. The van der Waals surface area contributed by atoms with Gasteiger partial charge in [-0.15, -0.1) is 0 Å². The molecule has 0 radical (unpaired) electrons. The van der Waals surface area contributed by atoms with Gasteiger partial charge in [-0.25, -0.2) is 4.39 Å². The van der Waals surface area contributed by atoms with Gasteiger partial charge in [0.25, 0.3) is 0 Å². The Morgan fingerprint density at radius 1 is 1.89 bits per heavy atom. The van der Waals surface area contributed by atoms with Crippen LogP contribution >= 0.6 is 0 Å². The molecule has 1 atom stereocenters. The van der Waals surface area contributed by atoms with Crippen LogP contribution in [0.5, 0.6) is 0 Å². The maximum atomic E-state index is 11.9. The highest BCUT2D eigenvalue weighted by atomic mass is 19.1. The van der Waals surface area contributed by atoms with Crippen LogP contribution in [0.3, 0.4) is 0 Å². The van der Waals surface area contributed by atoms with Crippen LogP contribution in [0.2, 0.25) is 0 Å². The second-order valence-electron chi connectivity index (χ2n) is 2.43. The van der Waals surface area contributed by atoms with Gasteiger partial charge in [-0.1, -0.05) is 0 Å². The molecule has 0 aromatic carbocycles. The number of halogens is 1. The smallest absolute Gasteiger partial charge is 0.129 e. The Kier molecular flexibility index (Phi) is 1.69. The minimum atomic E-state index is -0.394. The first kappa shape index (κ1) is 6.52. The fraction of sp³-hybridized carbons (Fsp3) is 0.833. The van der Waals surface area contributed by atoms with E-state index < -0.39 is 6.67 Å². The third kappa shape index (κ3) is 1.20. The largest absolute Gasteiger partial charge is 0.297 e. The van der Waals surface area contributed by atoms with Crippen LogP contribution in [0.4, 0.5) is 4.39 Å². The highest BCUT2D eigenvalue weighted by Crippen LogP contribution is 2.11.